The molecule has 2 aromatic rings. The zero-order valence-electron chi connectivity index (χ0n) is 11.9. The van der Waals surface area contributed by atoms with E-state index in [2.05, 4.69) is 16.5 Å². The highest BCUT2D eigenvalue weighted by molar-refractivity contribution is 6.16. The van der Waals surface area contributed by atoms with E-state index in [-0.39, 0.29) is 5.54 Å². The van der Waals surface area contributed by atoms with Crippen LogP contribution in [0.2, 0.25) is 0 Å². The van der Waals surface area contributed by atoms with E-state index in [4.69, 9.17) is 21.1 Å². The number of fused-ring (bicyclic) bond motifs is 1. The van der Waals surface area contributed by atoms with Crippen molar-refractivity contribution in [1.29, 1.82) is 0 Å². The molecule has 3 rings (SSSR count). The molecule has 1 aromatic heterocycles. The van der Waals surface area contributed by atoms with Crippen LogP contribution in [0.4, 0.5) is 0 Å². The minimum absolute atomic E-state index is 0.0937. The molecule has 0 saturated carbocycles. The van der Waals surface area contributed by atoms with Gasteiger partial charge in [0.25, 0.3) is 0 Å². The average Bonchev–Trinajstić information content (AvgIpc) is 2.86. The summed E-state index contributed by atoms with van der Waals surface area (Å²) in [5, 5.41) is 0. The van der Waals surface area contributed by atoms with Crippen LogP contribution < -0.4 is 4.74 Å². The van der Waals surface area contributed by atoms with Gasteiger partial charge in [-0.1, -0.05) is 0 Å². The van der Waals surface area contributed by atoms with Crippen molar-refractivity contribution in [3.8, 4) is 5.75 Å². The first kappa shape index (κ1) is 13.7. The summed E-state index contributed by atoms with van der Waals surface area (Å²) in [5.41, 5.74) is 1.92. The van der Waals surface area contributed by atoms with Crippen molar-refractivity contribution in [2.45, 2.75) is 31.2 Å². The molecular weight excluding hydrogens is 276 g/mol. The van der Waals surface area contributed by atoms with Crippen LogP contribution in [0.25, 0.3) is 11.0 Å². The Morgan fingerprint density at radius 2 is 2.35 bits per heavy atom. The summed E-state index contributed by atoms with van der Waals surface area (Å²) in [4.78, 5) is 4.65. The van der Waals surface area contributed by atoms with Gasteiger partial charge in [0.2, 0.25) is 0 Å². The average molecular weight is 295 g/mol. The molecule has 0 amide bonds. The second-order valence-corrected chi connectivity index (χ2v) is 5.77. The molecule has 1 saturated heterocycles. The van der Waals surface area contributed by atoms with Crippen molar-refractivity contribution < 1.29 is 9.47 Å². The van der Waals surface area contributed by atoms with Gasteiger partial charge in [-0.05, 0) is 31.9 Å². The summed E-state index contributed by atoms with van der Waals surface area (Å²) in [6, 6.07) is 5.93. The maximum absolute atomic E-state index is 6.10. The van der Waals surface area contributed by atoms with E-state index in [0.717, 1.165) is 42.1 Å². The van der Waals surface area contributed by atoms with E-state index in [0.29, 0.717) is 12.5 Å². The Labute approximate surface area is 123 Å². The monoisotopic (exact) mass is 294 g/mol. The van der Waals surface area contributed by atoms with Crippen LogP contribution in [0.15, 0.2) is 18.2 Å². The van der Waals surface area contributed by atoms with E-state index < -0.39 is 0 Å². The SMILES string of the molecule is COc1ccc2nc(CCl)n(C3(C)CCCOC3)c2c1. The maximum atomic E-state index is 6.10. The highest BCUT2D eigenvalue weighted by atomic mass is 35.5. The fourth-order valence-electron chi connectivity index (χ4n) is 3.02. The largest absolute Gasteiger partial charge is 0.497 e. The maximum Gasteiger partial charge on any atom is 0.125 e. The van der Waals surface area contributed by atoms with Gasteiger partial charge in [0.1, 0.15) is 11.6 Å². The molecule has 1 fully saturated rings. The summed E-state index contributed by atoms with van der Waals surface area (Å²) in [7, 11) is 1.68. The Kier molecular flexibility index (Phi) is 3.61. The zero-order valence-corrected chi connectivity index (χ0v) is 12.6. The number of nitrogens with zero attached hydrogens (tertiary/aromatic N) is 2. The molecule has 2 heterocycles. The Bertz CT molecular complexity index is 618. The number of aromatic nitrogens is 2. The van der Waals surface area contributed by atoms with E-state index in [1.807, 2.05) is 18.2 Å². The van der Waals surface area contributed by atoms with Crippen molar-refractivity contribution in [2.75, 3.05) is 20.3 Å². The van der Waals surface area contributed by atoms with Crippen molar-refractivity contribution in [3.63, 3.8) is 0 Å². The molecule has 0 radical (unpaired) electrons. The number of imidazole rings is 1. The van der Waals surface area contributed by atoms with Gasteiger partial charge in [0.05, 0.1) is 36.2 Å². The lowest BCUT2D eigenvalue weighted by atomic mass is 9.94. The second-order valence-electron chi connectivity index (χ2n) is 5.50. The summed E-state index contributed by atoms with van der Waals surface area (Å²) in [6.07, 6.45) is 2.13. The number of alkyl halides is 1. The highest BCUT2D eigenvalue weighted by Crippen LogP contribution is 2.34. The molecule has 108 valence electrons. The third kappa shape index (κ3) is 2.17. The van der Waals surface area contributed by atoms with Crippen molar-refractivity contribution >= 4 is 22.6 Å². The van der Waals surface area contributed by atoms with Gasteiger partial charge in [-0.15, -0.1) is 11.6 Å². The van der Waals surface area contributed by atoms with Gasteiger partial charge in [-0.2, -0.15) is 0 Å². The van der Waals surface area contributed by atoms with Gasteiger partial charge in [0, 0.05) is 12.7 Å². The number of ether oxygens (including phenoxy) is 2. The standard InChI is InChI=1S/C15H19ClN2O2/c1-15(6-3-7-20-10-15)18-13-8-11(19-2)4-5-12(13)17-14(18)9-16/h4-5,8H,3,6-7,9-10H2,1-2H3. The van der Waals surface area contributed by atoms with Gasteiger partial charge in [-0.25, -0.2) is 4.98 Å². The second kappa shape index (κ2) is 5.26. The molecule has 1 unspecified atom stereocenters. The number of methoxy groups -OCH3 is 1. The highest BCUT2D eigenvalue weighted by Gasteiger charge is 2.33. The molecular formula is C15H19ClN2O2. The summed E-state index contributed by atoms with van der Waals surface area (Å²) < 4.78 is 13.3. The first-order valence-corrected chi connectivity index (χ1v) is 7.41. The van der Waals surface area contributed by atoms with E-state index in [9.17, 15) is 0 Å². The molecule has 20 heavy (non-hydrogen) atoms. The molecule has 1 aliphatic heterocycles. The predicted octanol–water partition coefficient (Wildman–Crippen LogP) is 3.31. The lowest BCUT2D eigenvalue weighted by molar-refractivity contribution is 0.0104. The normalized spacial score (nSPS) is 23.1. The van der Waals surface area contributed by atoms with Gasteiger partial charge >= 0.3 is 0 Å². The molecule has 0 spiro atoms. The summed E-state index contributed by atoms with van der Waals surface area (Å²) in [6.45, 7) is 3.74. The van der Waals surface area contributed by atoms with Crippen LogP contribution in [-0.4, -0.2) is 29.9 Å². The number of hydrogen-bond donors (Lipinski definition) is 0. The van der Waals surface area contributed by atoms with Crippen molar-refractivity contribution in [3.05, 3.63) is 24.0 Å². The molecule has 1 aromatic carbocycles. The number of rotatable bonds is 3. The lowest BCUT2D eigenvalue weighted by Gasteiger charge is -2.36. The van der Waals surface area contributed by atoms with Gasteiger partial charge < -0.3 is 14.0 Å². The van der Waals surface area contributed by atoms with E-state index in [1.165, 1.54) is 0 Å². The third-order valence-electron chi connectivity index (χ3n) is 4.01. The van der Waals surface area contributed by atoms with Crippen LogP contribution in [-0.2, 0) is 16.2 Å². The number of hydrogen-bond acceptors (Lipinski definition) is 3. The molecule has 1 atom stereocenters. The molecule has 0 aliphatic carbocycles. The van der Waals surface area contributed by atoms with E-state index in [1.54, 1.807) is 7.11 Å². The number of halogens is 1. The van der Waals surface area contributed by atoms with Crippen LogP contribution in [0.5, 0.6) is 5.75 Å². The first-order valence-electron chi connectivity index (χ1n) is 6.87. The topological polar surface area (TPSA) is 36.3 Å². The fraction of sp³-hybridized carbons (Fsp3) is 0.533. The summed E-state index contributed by atoms with van der Waals surface area (Å²) in [5.74, 6) is 2.12. The van der Waals surface area contributed by atoms with Crippen molar-refractivity contribution in [2.24, 2.45) is 0 Å². The zero-order chi connectivity index (χ0) is 14.2. The first-order chi connectivity index (χ1) is 9.68. The minimum Gasteiger partial charge on any atom is -0.497 e. The van der Waals surface area contributed by atoms with Gasteiger partial charge in [-0.3, -0.25) is 0 Å². The van der Waals surface area contributed by atoms with E-state index >= 15 is 0 Å². The predicted molar refractivity (Wildman–Crippen MR) is 79.5 cm³/mol. The molecule has 4 nitrogen and oxygen atoms in total. The van der Waals surface area contributed by atoms with Crippen LogP contribution in [0, 0.1) is 0 Å². The molecule has 0 N–H and O–H groups in total. The van der Waals surface area contributed by atoms with Gasteiger partial charge in [0.15, 0.2) is 0 Å². The lowest BCUT2D eigenvalue weighted by Crippen LogP contribution is -2.39. The molecule has 5 heteroatoms. The van der Waals surface area contributed by atoms with Crippen LogP contribution >= 0.6 is 11.6 Å². The Morgan fingerprint density at radius 1 is 1.50 bits per heavy atom. The fourth-order valence-corrected chi connectivity index (χ4v) is 3.20. The smallest absolute Gasteiger partial charge is 0.125 e. The molecule has 0 bridgehead atoms. The summed E-state index contributed by atoms with van der Waals surface area (Å²) >= 11 is 6.10. The Hall–Kier alpha value is -1.26. The van der Waals surface area contributed by atoms with Crippen molar-refractivity contribution in [1.82, 2.24) is 9.55 Å². The Balaban J connectivity index is 2.20. The molecule has 1 aliphatic rings. The third-order valence-corrected chi connectivity index (χ3v) is 4.25. The Morgan fingerprint density at radius 3 is 3.00 bits per heavy atom. The minimum atomic E-state index is -0.0937. The number of benzene rings is 1. The van der Waals surface area contributed by atoms with Crippen LogP contribution in [0.3, 0.4) is 0 Å². The quantitative estimate of drug-likeness (QED) is 0.815. The van der Waals surface area contributed by atoms with Crippen LogP contribution in [0.1, 0.15) is 25.6 Å².